The van der Waals surface area contributed by atoms with Crippen molar-refractivity contribution in [3.8, 4) is 0 Å². The molecule has 0 radical (unpaired) electrons. The highest BCUT2D eigenvalue weighted by Gasteiger charge is 2.29. The van der Waals surface area contributed by atoms with Crippen LogP contribution >= 0.6 is 35.6 Å². The lowest BCUT2D eigenvalue weighted by atomic mass is 10.3. The van der Waals surface area contributed by atoms with E-state index in [1.807, 2.05) is 42.1 Å². The molecule has 0 aromatic heterocycles. The van der Waals surface area contributed by atoms with Gasteiger partial charge < -0.3 is 10.2 Å². The predicted molar refractivity (Wildman–Crippen MR) is 91.9 cm³/mol. The Morgan fingerprint density at radius 1 is 1.25 bits per heavy atom. The summed E-state index contributed by atoms with van der Waals surface area (Å²) >= 11 is 13.4. The lowest BCUT2D eigenvalue weighted by Crippen LogP contribution is -2.37. The van der Waals surface area contributed by atoms with Gasteiger partial charge in [0.15, 0.2) is 5.11 Å². The van der Waals surface area contributed by atoms with Gasteiger partial charge in [-0.15, -0.1) is 0 Å². The van der Waals surface area contributed by atoms with Crippen molar-refractivity contribution in [3.63, 3.8) is 0 Å². The Bertz CT molecular complexity index is 660. The maximum atomic E-state index is 6.00. The summed E-state index contributed by atoms with van der Waals surface area (Å²) < 4.78 is 0. The molecule has 1 aliphatic rings. The van der Waals surface area contributed by atoms with Gasteiger partial charge in [-0.05, 0) is 49.5 Å². The first-order valence-electron chi connectivity index (χ1n) is 6.26. The van der Waals surface area contributed by atoms with E-state index in [0.29, 0.717) is 10.1 Å². The van der Waals surface area contributed by atoms with E-state index in [-0.39, 0.29) is 5.37 Å². The van der Waals surface area contributed by atoms with E-state index < -0.39 is 0 Å². The van der Waals surface area contributed by atoms with E-state index >= 15 is 0 Å². The van der Waals surface area contributed by atoms with Crippen molar-refractivity contribution in [1.82, 2.24) is 0 Å². The number of thioether (sulfide) groups is 1. The van der Waals surface area contributed by atoms with Crippen LogP contribution in [0.2, 0.25) is 5.02 Å². The molecule has 1 heterocycles. The average molecular weight is 321 g/mol. The van der Waals surface area contributed by atoms with E-state index in [9.17, 15) is 0 Å². The second-order valence-corrected chi connectivity index (χ2v) is 6.68. The number of fused-ring (bicyclic) bond motifs is 1. The quantitative estimate of drug-likeness (QED) is 0.744. The fraction of sp³-hybridized carbons (Fsp3) is 0.133. The van der Waals surface area contributed by atoms with Crippen LogP contribution in [-0.2, 0) is 0 Å². The van der Waals surface area contributed by atoms with Crippen LogP contribution < -0.4 is 10.2 Å². The first-order chi connectivity index (χ1) is 9.65. The molecule has 0 aliphatic carbocycles. The number of halogens is 1. The molecule has 1 unspecified atom stereocenters. The second kappa shape index (κ2) is 5.64. The molecular weight excluding hydrogens is 308 g/mol. The number of hydrogen-bond donors (Lipinski definition) is 1. The second-order valence-electron chi connectivity index (χ2n) is 4.50. The molecule has 2 aromatic rings. The maximum Gasteiger partial charge on any atom is 0.178 e. The van der Waals surface area contributed by atoms with Crippen molar-refractivity contribution in [2.75, 3.05) is 10.2 Å². The summed E-state index contributed by atoms with van der Waals surface area (Å²) in [5.74, 6) is 0. The van der Waals surface area contributed by atoms with Gasteiger partial charge in [0.1, 0.15) is 0 Å². The van der Waals surface area contributed by atoms with Crippen molar-refractivity contribution in [1.29, 1.82) is 0 Å². The first-order valence-corrected chi connectivity index (χ1v) is 7.93. The van der Waals surface area contributed by atoms with Crippen molar-refractivity contribution in [2.45, 2.75) is 17.2 Å². The van der Waals surface area contributed by atoms with Gasteiger partial charge in [-0.25, -0.2) is 0 Å². The van der Waals surface area contributed by atoms with Crippen LogP contribution in [0, 0.1) is 0 Å². The number of thiocarbonyl (C=S) groups is 1. The molecule has 0 fully saturated rings. The Morgan fingerprint density at radius 3 is 2.85 bits per heavy atom. The minimum Gasteiger partial charge on any atom is -0.332 e. The van der Waals surface area contributed by atoms with Crippen LogP contribution in [0.3, 0.4) is 0 Å². The molecule has 2 nitrogen and oxygen atoms in total. The van der Waals surface area contributed by atoms with E-state index in [1.54, 1.807) is 0 Å². The van der Waals surface area contributed by atoms with Crippen molar-refractivity contribution in [2.24, 2.45) is 0 Å². The lowest BCUT2D eigenvalue weighted by Gasteiger charge is -2.25. The van der Waals surface area contributed by atoms with Crippen molar-refractivity contribution >= 4 is 52.1 Å². The largest absolute Gasteiger partial charge is 0.332 e. The third-order valence-electron chi connectivity index (χ3n) is 3.08. The minimum atomic E-state index is 0.284. The molecule has 0 saturated carbocycles. The van der Waals surface area contributed by atoms with Crippen LogP contribution in [0.5, 0.6) is 0 Å². The normalized spacial score (nSPS) is 16.9. The summed E-state index contributed by atoms with van der Waals surface area (Å²) in [6, 6.07) is 15.9. The zero-order valence-electron chi connectivity index (χ0n) is 10.8. The highest BCUT2D eigenvalue weighted by molar-refractivity contribution is 8.00. The first kappa shape index (κ1) is 13.7. The monoisotopic (exact) mass is 320 g/mol. The Balaban J connectivity index is 1.84. The van der Waals surface area contributed by atoms with Gasteiger partial charge in [-0.3, -0.25) is 0 Å². The van der Waals surface area contributed by atoms with E-state index in [2.05, 4.69) is 35.3 Å². The molecule has 0 spiro atoms. The van der Waals surface area contributed by atoms with Crippen LogP contribution in [-0.4, -0.2) is 10.5 Å². The van der Waals surface area contributed by atoms with Crippen molar-refractivity contribution in [3.05, 3.63) is 53.6 Å². The van der Waals surface area contributed by atoms with Gasteiger partial charge in [-0.2, -0.15) is 0 Å². The fourth-order valence-electron chi connectivity index (χ4n) is 2.21. The zero-order chi connectivity index (χ0) is 14.1. The number of benzene rings is 2. The Morgan fingerprint density at radius 2 is 2.05 bits per heavy atom. The molecule has 0 bridgehead atoms. The topological polar surface area (TPSA) is 15.3 Å². The highest BCUT2D eigenvalue weighted by Crippen LogP contribution is 2.43. The lowest BCUT2D eigenvalue weighted by molar-refractivity contribution is 1.01. The standard InChI is InChI=1S/C15H13ClN2S2/c1-10-18(13-7-2-3-8-14(13)20-10)15(19)17-12-6-4-5-11(16)9-12/h2-10H,1H3,(H,17,19). The zero-order valence-corrected chi connectivity index (χ0v) is 13.2. The number of hydrogen-bond acceptors (Lipinski definition) is 2. The highest BCUT2D eigenvalue weighted by atomic mass is 35.5. The van der Waals surface area contributed by atoms with E-state index in [4.69, 9.17) is 23.8 Å². The van der Waals surface area contributed by atoms with Crippen molar-refractivity contribution < 1.29 is 0 Å². The molecular formula is C15H13ClN2S2. The third kappa shape index (κ3) is 2.64. The average Bonchev–Trinajstić information content (AvgIpc) is 2.74. The maximum absolute atomic E-state index is 6.00. The smallest absolute Gasteiger partial charge is 0.178 e. The van der Waals surface area contributed by atoms with Crippen LogP contribution in [0.4, 0.5) is 11.4 Å². The van der Waals surface area contributed by atoms with E-state index in [1.165, 1.54) is 4.90 Å². The molecule has 1 aliphatic heterocycles. The fourth-order valence-corrected chi connectivity index (χ4v) is 3.98. The minimum absolute atomic E-state index is 0.284. The summed E-state index contributed by atoms with van der Waals surface area (Å²) in [4.78, 5) is 3.39. The molecule has 2 aromatic carbocycles. The van der Waals surface area contributed by atoms with Gasteiger partial charge >= 0.3 is 0 Å². The summed E-state index contributed by atoms with van der Waals surface area (Å²) in [5.41, 5.74) is 2.06. The summed E-state index contributed by atoms with van der Waals surface area (Å²) in [6.45, 7) is 2.15. The van der Waals surface area contributed by atoms with Gasteiger partial charge in [0, 0.05) is 15.6 Å². The molecule has 0 saturated heterocycles. The third-order valence-corrected chi connectivity index (χ3v) is 4.77. The molecule has 0 amide bonds. The van der Waals surface area contributed by atoms with Crippen LogP contribution in [0.15, 0.2) is 53.4 Å². The summed E-state index contributed by atoms with van der Waals surface area (Å²) in [5, 5.41) is 4.93. The molecule has 5 heteroatoms. The number of anilines is 2. The van der Waals surface area contributed by atoms with Gasteiger partial charge in [-0.1, -0.05) is 41.6 Å². The number of rotatable bonds is 1. The molecule has 1 atom stereocenters. The van der Waals surface area contributed by atoms with Gasteiger partial charge in [0.25, 0.3) is 0 Å². The molecule has 102 valence electrons. The van der Waals surface area contributed by atoms with Crippen LogP contribution in [0.1, 0.15) is 6.92 Å². The SMILES string of the molecule is CC1Sc2ccccc2N1C(=S)Nc1cccc(Cl)c1. The van der Waals surface area contributed by atoms with Gasteiger partial charge in [0.2, 0.25) is 0 Å². The van der Waals surface area contributed by atoms with E-state index in [0.717, 1.165) is 11.4 Å². The molecule has 20 heavy (non-hydrogen) atoms. The number of nitrogens with one attached hydrogen (secondary N) is 1. The number of nitrogens with zero attached hydrogens (tertiary/aromatic N) is 1. The van der Waals surface area contributed by atoms with Crippen LogP contribution in [0.25, 0.3) is 0 Å². The predicted octanol–water partition coefficient (Wildman–Crippen LogP) is 5.00. The molecule has 1 N–H and O–H groups in total. The Hall–Kier alpha value is -1.23. The Labute approximate surface area is 133 Å². The molecule has 3 rings (SSSR count). The number of para-hydroxylation sites is 1. The Kier molecular flexibility index (Phi) is 3.87. The van der Waals surface area contributed by atoms with Gasteiger partial charge in [0.05, 0.1) is 11.1 Å². The summed E-state index contributed by atoms with van der Waals surface area (Å²) in [6.07, 6.45) is 0. The summed E-state index contributed by atoms with van der Waals surface area (Å²) in [7, 11) is 0.